The third-order valence-electron chi connectivity index (χ3n) is 6.02. The van der Waals surface area contributed by atoms with Crippen LogP contribution in [0.3, 0.4) is 0 Å². The quantitative estimate of drug-likeness (QED) is 0.332. The molecule has 3 aromatic rings. The fourth-order valence-electron chi connectivity index (χ4n) is 4.15. The lowest BCUT2D eigenvalue weighted by Gasteiger charge is -2.33. The normalized spacial score (nSPS) is 12.4. The molecule has 0 saturated carbocycles. The van der Waals surface area contributed by atoms with Gasteiger partial charge in [0.1, 0.15) is 11.6 Å². The van der Waals surface area contributed by atoms with Crippen LogP contribution in [0, 0.1) is 0 Å². The molecular weight excluding hydrogens is 476 g/mol. The molecule has 0 fully saturated rings. The summed E-state index contributed by atoms with van der Waals surface area (Å²) in [6, 6.07) is 11.6. The van der Waals surface area contributed by atoms with Crippen molar-refractivity contribution in [1.29, 1.82) is 0 Å². The monoisotopic (exact) mass is 512 g/mol. The highest BCUT2D eigenvalue weighted by Gasteiger charge is 2.28. The Bertz CT molecular complexity index is 1250. The van der Waals surface area contributed by atoms with Gasteiger partial charge in [-0.1, -0.05) is 37.8 Å². The van der Waals surface area contributed by atoms with Crippen LogP contribution >= 0.6 is 11.6 Å². The number of nitrogens with zero attached hydrogens (tertiary/aromatic N) is 3. The van der Waals surface area contributed by atoms with E-state index in [4.69, 9.17) is 21.3 Å². The van der Waals surface area contributed by atoms with Gasteiger partial charge in [-0.05, 0) is 76.6 Å². The summed E-state index contributed by atoms with van der Waals surface area (Å²) in [4.78, 5) is 33.9. The van der Waals surface area contributed by atoms with Crippen LogP contribution in [0.25, 0.3) is 16.6 Å². The number of benzene rings is 2. The molecule has 2 amide bonds. The van der Waals surface area contributed by atoms with Crippen molar-refractivity contribution in [2.24, 2.45) is 0 Å². The van der Waals surface area contributed by atoms with Crippen LogP contribution in [-0.4, -0.2) is 39.7 Å². The number of aromatic nitrogens is 2. The molecule has 7 nitrogen and oxygen atoms in total. The maximum Gasteiger partial charge on any atom is 0.318 e. The first-order chi connectivity index (χ1) is 17.1. The first kappa shape index (κ1) is 27.5. The molecule has 36 heavy (non-hydrogen) atoms. The lowest BCUT2D eigenvalue weighted by Crippen LogP contribution is -2.50. The van der Waals surface area contributed by atoms with Gasteiger partial charge in [-0.2, -0.15) is 0 Å². The van der Waals surface area contributed by atoms with E-state index < -0.39 is 11.6 Å². The van der Waals surface area contributed by atoms with Gasteiger partial charge in [0, 0.05) is 17.1 Å². The van der Waals surface area contributed by atoms with Crippen LogP contribution in [0.5, 0.6) is 5.75 Å². The van der Waals surface area contributed by atoms with Crippen molar-refractivity contribution in [3.8, 4) is 11.4 Å². The van der Waals surface area contributed by atoms with Crippen LogP contribution in [0.1, 0.15) is 72.2 Å². The summed E-state index contributed by atoms with van der Waals surface area (Å²) >= 11 is 6.24. The Kier molecular flexibility index (Phi) is 9.01. The fraction of sp³-hybridized carbons (Fsp3) is 0.464. The van der Waals surface area contributed by atoms with Gasteiger partial charge in [0.05, 0.1) is 29.7 Å². The minimum Gasteiger partial charge on any atom is -0.497 e. The van der Waals surface area contributed by atoms with Crippen molar-refractivity contribution < 1.29 is 9.53 Å². The zero-order chi connectivity index (χ0) is 26.5. The molecular formula is C28H37ClN4O3. The van der Waals surface area contributed by atoms with E-state index in [0.29, 0.717) is 39.7 Å². The maximum absolute atomic E-state index is 13.8. The number of methoxy groups -OCH3 is 1. The topological polar surface area (TPSA) is 76.5 Å². The van der Waals surface area contributed by atoms with Gasteiger partial charge in [0.15, 0.2) is 0 Å². The van der Waals surface area contributed by atoms with E-state index in [-0.39, 0.29) is 11.6 Å². The number of urea groups is 1. The van der Waals surface area contributed by atoms with Crippen molar-refractivity contribution in [3.63, 3.8) is 0 Å². The molecule has 1 unspecified atom stereocenters. The first-order valence-electron chi connectivity index (χ1n) is 12.5. The maximum atomic E-state index is 13.8. The molecule has 1 heterocycles. The Morgan fingerprint density at radius 1 is 1.14 bits per heavy atom. The van der Waals surface area contributed by atoms with E-state index in [1.807, 2.05) is 39.8 Å². The van der Waals surface area contributed by atoms with E-state index in [2.05, 4.69) is 12.2 Å². The summed E-state index contributed by atoms with van der Waals surface area (Å²) in [7, 11) is 1.60. The van der Waals surface area contributed by atoms with Crippen LogP contribution < -0.4 is 15.6 Å². The molecule has 0 saturated heterocycles. The molecule has 8 heteroatoms. The Morgan fingerprint density at radius 3 is 2.44 bits per heavy atom. The molecule has 1 aromatic heterocycles. The van der Waals surface area contributed by atoms with Gasteiger partial charge in [-0.25, -0.2) is 9.78 Å². The van der Waals surface area contributed by atoms with E-state index in [1.54, 1.807) is 46.9 Å². The van der Waals surface area contributed by atoms with Gasteiger partial charge in [0.25, 0.3) is 5.56 Å². The summed E-state index contributed by atoms with van der Waals surface area (Å²) in [5.41, 5.74) is 0.527. The average molecular weight is 513 g/mol. The molecule has 0 aliphatic rings. The second-order valence-electron chi connectivity index (χ2n) is 10.1. The van der Waals surface area contributed by atoms with Crippen molar-refractivity contribution >= 4 is 28.5 Å². The number of carbonyl (C=O) groups is 1. The Balaban J connectivity index is 2.17. The van der Waals surface area contributed by atoms with Gasteiger partial charge in [0.2, 0.25) is 0 Å². The molecule has 0 aliphatic carbocycles. The van der Waals surface area contributed by atoms with Gasteiger partial charge in [-0.15, -0.1) is 0 Å². The van der Waals surface area contributed by atoms with Crippen molar-refractivity contribution in [1.82, 2.24) is 19.8 Å². The van der Waals surface area contributed by atoms with Crippen molar-refractivity contribution in [2.45, 2.75) is 71.9 Å². The first-order valence-corrected chi connectivity index (χ1v) is 12.9. The third-order valence-corrected chi connectivity index (χ3v) is 6.26. The standard InChI is InChI=1S/C28H37ClN4O3/c1-7-8-9-10-17-32(27(35)31-28(3,4)5)19(2)25-30-24-18-20(29)11-16-23(24)26(34)33(25)21-12-14-22(36-6)15-13-21/h11-16,18-19H,7-10,17H2,1-6H3,(H,31,35). The van der Waals surface area contributed by atoms with Crippen LogP contribution in [0.15, 0.2) is 47.3 Å². The number of ether oxygens (including phenoxy) is 1. The number of unbranched alkanes of at least 4 members (excludes halogenated alkanes) is 3. The number of halogens is 1. The number of rotatable bonds is 9. The highest BCUT2D eigenvalue weighted by molar-refractivity contribution is 6.31. The largest absolute Gasteiger partial charge is 0.497 e. The second kappa shape index (κ2) is 11.8. The predicted molar refractivity (Wildman–Crippen MR) is 146 cm³/mol. The van der Waals surface area contributed by atoms with Crippen molar-refractivity contribution in [3.05, 3.63) is 63.7 Å². The lowest BCUT2D eigenvalue weighted by atomic mass is 10.1. The number of nitrogens with one attached hydrogen (secondary N) is 1. The SMILES string of the molecule is CCCCCCN(C(=O)NC(C)(C)C)C(C)c1nc2cc(Cl)ccc2c(=O)n1-c1ccc(OC)cc1. The highest BCUT2D eigenvalue weighted by atomic mass is 35.5. The zero-order valence-electron chi connectivity index (χ0n) is 22.1. The Morgan fingerprint density at radius 2 is 1.83 bits per heavy atom. The van der Waals surface area contributed by atoms with E-state index in [9.17, 15) is 9.59 Å². The summed E-state index contributed by atoms with van der Waals surface area (Å²) in [5, 5.41) is 4.04. The Hall–Kier alpha value is -3.06. The summed E-state index contributed by atoms with van der Waals surface area (Å²) in [6.07, 6.45) is 4.09. The fourth-order valence-corrected chi connectivity index (χ4v) is 4.32. The molecule has 0 bridgehead atoms. The summed E-state index contributed by atoms with van der Waals surface area (Å²) in [6.45, 7) is 10.5. The molecule has 0 spiro atoms. The summed E-state index contributed by atoms with van der Waals surface area (Å²) < 4.78 is 6.88. The molecule has 0 aliphatic heterocycles. The highest BCUT2D eigenvalue weighted by Crippen LogP contribution is 2.26. The third kappa shape index (κ3) is 6.58. The molecule has 3 rings (SSSR count). The number of fused-ring (bicyclic) bond motifs is 1. The summed E-state index contributed by atoms with van der Waals surface area (Å²) in [5.74, 6) is 1.16. The van der Waals surface area contributed by atoms with Crippen molar-refractivity contribution in [2.75, 3.05) is 13.7 Å². The minimum atomic E-state index is -0.479. The van der Waals surface area contributed by atoms with Gasteiger partial charge >= 0.3 is 6.03 Å². The molecule has 194 valence electrons. The number of hydrogen-bond donors (Lipinski definition) is 1. The van der Waals surface area contributed by atoms with Crippen LogP contribution in [0.4, 0.5) is 4.79 Å². The molecule has 1 atom stereocenters. The zero-order valence-corrected chi connectivity index (χ0v) is 22.9. The van der Waals surface area contributed by atoms with Gasteiger partial charge < -0.3 is 15.0 Å². The molecule has 2 aromatic carbocycles. The minimum absolute atomic E-state index is 0.187. The second-order valence-corrected chi connectivity index (χ2v) is 10.5. The average Bonchev–Trinajstić information content (AvgIpc) is 2.82. The smallest absolute Gasteiger partial charge is 0.318 e. The number of hydrogen-bond acceptors (Lipinski definition) is 4. The van der Waals surface area contributed by atoms with Crippen LogP contribution in [-0.2, 0) is 0 Å². The van der Waals surface area contributed by atoms with Crippen LogP contribution in [0.2, 0.25) is 5.02 Å². The van der Waals surface area contributed by atoms with E-state index in [1.165, 1.54) is 0 Å². The number of amides is 2. The predicted octanol–water partition coefficient (Wildman–Crippen LogP) is 6.50. The van der Waals surface area contributed by atoms with E-state index >= 15 is 0 Å². The molecule has 0 radical (unpaired) electrons. The van der Waals surface area contributed by atoms with E-state index in [0.717, 1.165) is 25.7 Å². The lowest BCUT2D eigenvalue weighted by molar-refractivity contribution is 0.165. The van der Waals surface area contributed by atoms with Gasteiger partial charge in [-0.3, -0.25) is 9.36 Å². The Labute approximate surface area is 218 Å². The molecule has 1 N–H and O–H groups in total. The number of carbonyl (C=O) groups excluding carboxylic acids is 1.